The number of halogens is 1. The van der Waals surface area contributed by atoms with E-state index in [0.29, 0.717) is 28.8 Å². The average molecular weight is 504 g/mol. The lowest BCUT2D eigenvalue weighted by atomic mass is 9.90. The summed E-state index contributed by atoms with van der Waals surface area (Å²) in [6.45, 7) is 7.82. The van der Waals surface area contributed by atoms with Gasteiger partial charge in [-0.3, -0.25) is 9.18 Å². The van der Waals surface area contributed by atoms with Crippen LogP contribution < -0.4 is 21.3 Å². The molecule has 8 nitrogen and oxygen atoms in total. The minimum Gasteiger partial charge on any atom is -0.350 e. The number of nitrogens with one attached hydrogen (secondary N) is 4. The Hall–Kier alpha value is -3.59. The molecule has 1 aromatic carbocycles. The van der Waals surface area contributed by atoms with Gasteiger partial charge >= 0.3 is 0 Å². The van der Waals surface area contributed by atoms with Crippen molar-refractivity contribution in [1.29, 1.82) is 0 Å². The highest BCUT2D eigenvalue weighted by molar-refractivity contribution is 5.99. The van der Waals surface area contributed by atoms with Gasteiger partial charge in [-0.1, -0.05) is 26.0 Å². The summed E-state index contributed by atoms with van der Waals surface area (Å²) in [5.41, 5.74) is 3.96. The van der Waals surface area contributed by atoms with Crippen molar-refractivity contribution >= 4 is 29.2 Å². The standard InChI is InChI=1S/C28H34FN7O/c1-17(2)32-25(37)20-15-30-26(33-19-8-9-21-18(14-19)10-13-31-28(21)11-12-28)36-24(20)35-23-7-5-6-22(34-23)27(3,4)16-29/h5-9,14-15,17,31H,10-13,16H2,1-4H3,(H,32,37)(H2,30,33,34,35,36). The van der Waals surface area contributed by atoms with Gasteiger partial charge in [0.05, 0.1) is 5.69 Å². The molecule has 0 atom stereocenters. The molecule has 37 heavy (non-hydrogen) atoms. The largest absolute Gasteiger partial charge is 0.350 e. The van der Waals surface area contributed by atoms with E-state index < -0.39 is 12.1 Å². The molecule has 1 fully saturated rings. The number of amides is 1. The lowest BCUT2D eigenvalue weighted by molar-refractivity contribution is 0.0943. The number of hydrogen-bond acceptors (Lipinski definition) is 7. The van der Waals surface area contributed by atoms with Crippen molar-refractivity contribution in [2.75, 3.05) is 23.9 Å². The number of fused-ring (bicyclic) bond motifs is 2. The van der Waals surface area contributed by atoms with Crippen LogP contribution in [-0.4, -0.2) is 40.1 Å². The maximum absolute atomic E-state index is 13.6. The van der Waals surface area contributed by atoms with E-state index in [-0.39, 0.29) is 17.5 Å². The van der Waals surface area contributed by atoms with Crippen LogP contribution in [0.15, 0.2) is 42.6 Å². The number of aromatic nitrogens is 3. The number of rotatable bonds is 8. The second-order valence-corrected chi connectivity index (χ2v) is 10.9. The Labute approximate surface area is 216 Å². The van der Waals surface area contributed by atoms with Crippen molar-refractivity contribution in [3.05, 3.63) is 65.0 Å². The van der Waals surface area contributed by atoms with Gasteiger partial charge in [0, 0.05) is 35.4 Å². The number of benzene rings is 1. The Morgan fingerprint density at radius 1 is 1.16 bits per heavy atom. The van der Waals surface area contributed by atoms with Crippen molar-refractivity contribution < 1.29 is 9.18 Å². The summed E-state index contributed by atoms with van der Waals surface area (Å²) >= 11 is 0. The molecule has 2 aromatic heterocycles. The number of hydrogen-bond donors (Lipinski definition) is 4. The van der Waals surface area contributed by atoms with Gasteiger partial charge in [0.2, 0.25) is 5.95 Å². The Kier molecular flexibility index (Phi) is 6.58. The van der Waals surface area contributed by atoms with E-state index in [0.717, 1.165) is 18.7 Å². The molecular formula is C28H34FN7O. The van der Waals surface area contributed by atoms with E-state index in [1.165, 1.54) is 30.2 Å². The van der Waals surface area contributed by atoms with Crippen molar-refractivity contribution in [1.82, 2.24) is 25.6 Å². The van der Waals surface area contributed by atoms with E-state index >= 15 is 0 Å². The molecule has 9 heteroatoms. The summed E-state index contributed by atoms with van der Waals surface area (Å²) in [5.74, 6) is 0.856. The Morgan fingerprint density at radius 3 is 2.70 bits per heavy atom. The van der Waals surface area contributed by atoms with Crippen LogP contribution in [-0.2, 0) is 17.4 Å². The first kappa shape index (κ1) is 25.1. The highest BCUT2D eigenvalue weighted by Gasteiger charge is 2.46. The van der Waals surface area contributed by atoms with Gasteiger partial charge in [-0.05, 0) is 68.5 Å². The maximum atomic E-state index is 13.6. The van der Waals surface area contributed by atoms with Crippen LogP contribution >= 0.6 is 0 Å². The molecule has 0 unspecified atom stereocenters. The molecule has 1 saturated carbocycles. The van der Waals surface area contributed by atoms with E-state index in [9.17, 15) is 9.18 Å². The molecule has 2 aliphatic rings. The molecule has 1 aliphatic carbocycles. The predicted octanol–water partition coefficient (Wildman–Crippen LogP) is 4.88. The summed E-state index contributed by atoms with van der Waals surface area (Å²) in [6.07, 6.45) is 4.85. The van der Waals surface area contributed by atoms with Crippen molar-refractivity contribution in [3.63, 3.8) is 0 Å². The van der Waals surface area contributed by atoms with Crippen LogP contribution in [0.25, 0.3) is 0 Å². The average Bonchev–Trinajstić information content (AvgIpc) is 3.63. The fourth-order valence-corrected chi connectivity index (χ4v) is 4.69. The smallest absolute Gasteiger partial charge is 0.256 e. The fourth-order valence-electron chi connectivity index (χ4n) is 4.69. The zero-order valence-corrected chi connectivity index (χ0v) is 21.8. The van der Waals surface area contributed by atoms with Gasteiger partial charge in [0.15, 0.2) is 0 Å². The van der Waals surface area contributed by atoms with E-state index in [2.05, 4.69) is 48.4 Å². The molecule has 1 spiro atoms. The first-order valence-electron chi connectivity index (χ1n) is 12.8. The molecule has 1 amide bonds. The van der Waals surface area contributed by atoms with Crippen LogP contribution in [0.1, 0.15) is 67.7 Å². The quantitative estimate of drug-likeness (QED) is 0.347. The first-order valence-corrected chi connectivity index (χ1v) is 12.8. The van der Waals surface area contributed by atoms with Gasteiger partial charge in [-0.25, -0.2) is 9.97 Å². The summed E-state index contributed by atoms with van der Waals surface area (Å²) in [6, 6.07) is 11.7. The lowest BCUT2D eigenvalue weighted by Crippen LogP contribution is -2.36. The molecular weight excluding hydrogens is 469 g/mol. The maximum Gasteiger partial charge on any atom is 0.256 e. The number of alkyl halides is 1. The minimum absolute atomic E-state index is 0.0512. The van der Waals surface area contributed by atoms with Crippen LogP contribution in [0.5, 0.6) is 0 Å². The third kappa shape index (κ3) is 5.27. The molecule has 3 aromatic rings. The topological polar surface area (TPSA) is 104 Å². The number of anilines is 4. The summed E-state index contributed by atoms with van der Waals surface area (Å²) in [4.78, 5) is 26.6. The van der Waals surface area contributed by atoms with Crippen molar-refractivity contribution in [3.8, 4) is 0 Å². The van der Waals surface area contributed by atoms with Gasteiger partial charge in [0.25, 0.3) is 5.91 Å². The molecule has 5 rings (SSSR count). The Bertz CT molecular complexity index is 1320. The third-order valence-electron chi connectivity index (χ3n) is 6.96. The van der Waals surface area contributed by atoms with Crippen LogP contribution in [0.4, 0.5) is 27.7 Å². The molecule has 0 saturated heterocycles. The number of carbonyl (C=O) groups is 1. The molecule has 3 heterocycles. The van der Waals surface area contributed by atoms with Gasteiger partial charge in [0.1, 0.15) is 23.9 Å². The normalized spacial score (nSPS) is 15.8. The zero-order valence-electron chi connectivity index (χ0n) is 21.8. The number of carbonyl (C=O) groups excluding carboxylic acids is 1. The van der Waals surface area contributed by atoms with E-state index in [4.69, 9.17) is 0 Å². The van der Waals surface area contributed by atoms with Crippen LogP contribution in [0, 0.1) is 0 Å². The monoisotopic (exact) mass is 503 g/mol. The van der Waals surface area contributed by atoms with E-state index in [1.807, 2.05) is 26.0 Å². The van der Waals surface area contributed by atoms with Crippen molar-refractivity contribution in [2.45, 2.75) is 64.0 Å². The number of nitrogens with zero attached hydrogens (tertiary/aromatic N) is 3. The number of pyridine rings is 1. The lowest BCUT2D eigenvalue weighted by Gasteiger charge is -2.27. The van der Waals surface area contributed by atoms with Crippen molar-refractivity contribution in [2.24, 2.45) is 0 Å². The minimum atomic E-state index is -0.727. The molecule has 0 bridgehead atoms. The highest BCUT2D eigenvalue weighted by Crippen LogP contribution is 2.48. The fraction of sp³-hybridized carbons (Fsp3) is 0.429. The van der Waals surface area contributed by atoms with E-state index in [1.54, 1.807) is 26.0 Å². The molecule has 0 radical (unpaired) electrons. The van der Waals surface area contributed by atoms with Gasteiger partial charge in [-0.15, -0.1) is 0 Å². The Morgan fingerprint density at radius 2 is 1.97 bits per heavy atom. The Balaban J connectivity index is 1.44. The second-order valence-electron chi connectivity index (χ2n) is 10.9. The summed E-state index contributed by atoms with van der Waals surface area (Å²) in [7, 11) is 0. The SMILES string of the molecule is CC(C)NC(=O)c1cnc(Nc2ccc3c(c2)CCNC32CC2)nc1Nc1cccc(C(C)(C)CF)n1. The van der Waals surface area contributed by atoms with Crippen LogP contribution in [0.2, 0.25) is 0 Å². The molecule has 1 aliphatic heterocycles. The predicted molar refractivity (Wildman–Crippen MR) is 143 cm³/mol. The summed E-state index contributed by atoms with van der Waals surface area (Å²) < 4.78 is 13.6. The molecule has 4 N–H and O–H groups in total. The first-order chi connectivity index (χ1) is 17.7. The highest BCUT2D eigenvalue weighted by atomic mass is 19.1. The molecule has 194 valence electrons. The zero-order chi connectivity index (χ0) is 26.2. The second kappa shape index (κ2) is 9.70. The van der Waals surface area contributed by atoms with Gasteiger partial charge in [-0.2, -0.15) is 4.98 Å². The van der Waals surface area contributed by atoms with Gasteiger partial charge < -0.3 is 21.3 Å². The summed E-state index contributed by atoms with van der Waals surface area (Å²) in [5, 5.41) is 13.0. The third-order valence-corrected chi connectivity index (χ3v) is 6.96. The van der Waals surface area contributed by atoms with Crippen LogP contribution in [0.3, 0.4) is 0 Å².